The van der Waals surface area contributed by atoms with Gasteiger partial charge in [0.2, 0.25) is 12.3 Å². The second kappa shape index (κ2) is 5.82. The van der Waals surface area contributed by atoms with Gasteiger partial charge in [0.25, 0.3) is 0 Å². The zero-order chi connectivity index (χ0) is 13.0. The molecule has 1 aromatic rings. The van der Waals surface area contributed by atoms with E-state index in [0.717, 1.165) is 19.3 Å². The molecule has 0 aliphatic carbocycles. The zero-order valence-electron chi connectivity index (χ0n) is 9.80. The molecule has 1 fully saturated rings. The Morgan fingerprint density at radius 3 is 3.06 bits per heavy atom. The van der Waals surface area contributed by atoms with Gasteiger partial charge in [0.05, 0.1) is 0 Å². The van der Waals surface area contributed by atoms with Gasteiger partial charge >= 0.3 is 0 Å². The van der Waals surface area contributed by atoms with Crippen molar-refractivity contribution in [1.82, 2.24) is 9.88 Å². The Labute approximate surface area is 110 Å². The van der Waals surface area contributed by atoms with Crippen LogP contribution in [0, 0.1) is 0 Å². The second-order valence-corrected chi connectivity index (χ2v) is 4.58. The van der Waals surface area contributed by atoms with E-state index in [1.54, 1.807) is 18.2 Å². The van der Waals surface area contributed by atoms with E-state index in [2.05, 4.69) is 10.3 Å². The number of likely N-dealkylation sites (tertiary alicyclic amines) is 1. The van der Waals surface area contributed by atoms with Crippen LogP contribution in [-0.4, -0.2) is 34.8 Å². The summed E-state index contributed by atoms with van der Waals surface area (Å²) in [4.78, 5) is 28.5. The molecule has 2 amide bonds. The van der Waals surface area contributed by atoms with Crippen molar-refractivity contribution in [1.29, 1.82) is 0 Å². The van der Waals surface area contributed by atoms with Crippen LogP contribution in [0.5, 0.6) is 0 Å². The Balaban J connectivity index is 2.04. The highest BCUT2D eigenvalue weighted by atomic mass is 35.5. The van der Waals surface area contributed by atoms with E-state index in [4.69, 9.17) is 11.6 Å². The van der Waals surface area contributed by atoms with Crippen molar-refractivity contribution in [2.45, 2.75) is 25.3 Å². The van der Waals surface area contributed by atoms with Gasteiger partial charge in [-0.2, -0.15) is 0 Å². The molecule has 1 atom stereocenters. The van der Waals surface area contributed by atoms with Crippen LogP contribution in [0.3, 0.4) is 0 Å². The first-order chi connectivity index (χ1) is 8.70. The van der Waals surface area contributed by atoms with Crippen LogP contribution in [0.2, 0.25) is 5.15 Å². The van der Waals surface area contributed by atoms with Gasteiger partial charge in [0.1, 0.15) is 17.0 Å². The highest BCUT2D eigenvalue weighted by Crippen LogP contribution is 2.17. The minimum Gasteiger partial charge on any atom is -0.333 e. The largest absolute Gasteiger partial charge is 0.333 e. The van der Waals surface area contributed by atoms with E-state index in [-0.39, 0.29) is 5.91 Å². The number of nitrogens with one attached hydrogen (secondary N) is 1. The molecule has 18 heavy (non-hydrogen) atoms. The molecule has 0 spiro atoms. The summed E-state index contributed by atoms with van der Waals surface area (Å²) >= 11 is 5.74. The van der Waals surface area contributed by atoms with Gasteiger partial charge in [-0.05, 0) is 31.4 Å². The highest BCUT2D eigenvalue weighted by Gasteiger charge is 2.27. The molecule has 0 saturated carbocycles. The maximum atomic E-state index is 12.1. The number of halogens is 1. The Morgan fingerprint density at radius 1 is 1.50 bits per heavy atom. The molecule has 1 aliphatic rings. The normalized spacial score (nSPS) is 19.4. The predicted octanol–water partition coefficient (Wildman–Crippen LogP) is 1.68. The van der Waals surface area contributed by atoms with Crippen molar-refractivity contribution in [2.24, 2.45) is 0 Å². The number of rotatable bonds is 3. The number of carbonyl (C=O) groups is 2. The highest BCUT2D eigenvalue weighted by molar-refractivity contribution is 6.29. The molecule has 1 N–H and O–H groups in total. The lowest BCUT2D eigenvalue weighted by Crippen LogP contribution is -2.46. The van der Waals surface area contributed by atoms with Gasteiger partial charge in [-0.3, -0.25) is 9.59 Å². The maximum Gasteiger partial charge on any atom is 0.248 e. The summed E-state index contributed by atoms with van der Waals surface area (Å²) in [5.74, 6) is 0.195. The Bertz CT molecular complexity index is 453. The van der Waals surface area contributed by atoms with E-state index in [0.29, 0.717) is 23.9 Å². The van der Waals surface area contributed by atoms with Crippen molar-refractivity contribution >= 4 is 29.7 Å². The molecule has 6 heteroatoms. The predicted molar refractivity (Wildman–Crippen MR) is 68.3 cm³/mol. The Hall–Kier alpha value is -1.62. The fourth-order valence-electron chi connectivity index (χ4n) is 2.05. The van der Waals surface area contributed by atoms with Crippen LogP contribution in [0.15, 0.2) is 18.2 Å². The third kappa shape index (κ3) is 2.98. The monoisotopic (exact) mass is 267 g/mol. The van der Waals surface area contributed by atoms with E-state index < -0.39 is 6.04 Å². The molecule has 1 aromatic heterocycles. The van der Waals surface area contributed by atoms with E-state index >= 15 is 0 Å². The van der Waals surface area contributed by atoms with Crippen LogP contribution < -0.4 is 5.32 Å². The fraction of sp³-hybridized carbons (Fsp3) is 0.417. The second-order valence-electron chi connectivity index (χ2n) is 4.19. The lowest BCUT2D eigenvalue weighted by atomic mass is 10.0. The molecule has 96 valence electrons. The molecule has 1 saturated heterocycles. The quantitative estimate of drug-likeness (QED) is 0.670. The molecule has 2 rings (SSSR count). The van der Waals surface area contributed by atoms with Crippen molar-refractivity contribution in [2.75, 3.05) is 11.9 Å². The van der Waals surface area contributed by atoms with Crippen LogP contribution >= 0.6 is 11.6 Å². The molecule has 5 nitrogen and oxygen atoms in total. The third-order valence-corrected chi connectivity index (χ3v) is 3.16. The average Bonchev–Trinajstić information content (AvgIpc) is 2.38. The molecular formula is C12H14ClN3O2. The van der Waals surface area contributed by atoms with Gasteiger partial charge in [0, 0.05) is 6.54 Å². The average molecular weight is 268 g/mol. The zero-order valence-corrected chi connectivity index (χ0v) is 10.6. The third-order valence-electron chi connectivity index (χ3n) is 2.95. The number of anilines is 1. The topological polar surface area (TPSA) is 62.3 Å². The molecule has 2 heterocycles. The van der Waals surface area contributed by atoms with Crippen molar-refractivity contribution in [3.05, 3.63) is 23.4 Å². The maximum absolute atomic E-state index is 12.1. The summed E-state index contributed by atoms with van der Waals surface area (Å²) in [7, 11) is 0. The number of carbonyl (C=O) groups excluding carboxylic acids is 2. The lowest BCUT2D eigenvalue weighted by molar-refractivity contribution is -0.131. The lowest BCUT2D eigenvalue weighted by Gasteiger charge is -2.31. The summed E-state index contributed by atoms with van der Waals surface area (Å²) in [6, 6.07) is 4.61. The first kappa shape index (κ1) is 12.8. The van der Waals surface area contributed by atoms with Crippen molar-refractivity contribution in [3.8, 4) is 0 Å². The van der Waals surface area contributed by atoms with Gasteiger partial charge < -0.3 is 10.2 Å². The molecule has 1 aliphatic heterocycles. The Kier molecular flexibility index (Phi) is 4.15. The van der Waals surface area contributed by atoms with Crippen LogP contribution in [0.1, 0.15) is 19.3 Å². The number of nitrogens with zero attached hydrogens (tertiary/aromatic N) is 2. The standard InChI is InChI=1S/C12H14ClN3O2/c13-10-5-3-6-11(14-10)15-12(18)9-4-1-2-7-16(9)8-17/h3,5-6,8-9H,1-2,4,7H2,(H,14,15,18). The van der Waals surface area contributed by atoms with Crippen molar-refractivity contribution in [3.63, 3.8) is 0 Å². The number of piperidine rings is 1. The first-order valence-corrected chi connectivity index (χ1v) is 6.23. The fourth-order valence-corrected chi connectivity index (χ4v) is 2.21. The molecule has 0 bridgehead atoms. The minimum absolute atomic E-state index is 0.212. The van der Waals surface area contributed by atoms with Crippen LogP contribution in [0.4, 0.5) is 5.82 Å². The smallest absolute Gasteiger partial charge is 0.248 e. The molecule has 1 unspecified atom stereocenters. The SMILES string of the molecule is O=CN1CCCCC1C(=O)Nc1cccc(Cl)n1. The van der Waals surface area contributed by atoms with Crippen molar-refractivity contribution < 1.29 is 9.59 Å². The van der Waals surface area contributed by atoms with Gasteiger partial charge in [-0.25, -0.2) is 4.98 Å². The van der Waals surface area contributed by atoms with E-state index in [1.807, 2.05) is 0 Å². The molecule has 0 aromatic carbocycles. The first-order valence-electron chi connectivity index (χ1n) is 5.85. The Morgan fingerprint density at radius 2 is 2.33 bits per heavy atom. The van der Waals surface area contributed by atoms with Gasteiger partial charge in [-0.15, -0.1) is 0 Å². The van der Waals surface area contributed by atoms with E-state index in [1.165, 1.54) is 4.90 Å². The van der Waals surface area contributed by atoms with Crippen LogP contribution in [0.25, 0.3) is 0 Å². The summed E-state index contributed by atoms with van der Waals surface area (Å²) in [6.07, 6.45) is 3.31. The summed E-state index contributed by atoms with van der Waals surface area (Å²) in [6.45, 7) is 0.630. The number of hydrogen-bond donors (Lipinski definition) is 1. The number of pyridine rings is 1. The van der Waals surface area contributed by atoms with E-state index in [9.17, 15) is 9.59 Å². The summed E-state index contributed by atoms with van der Waals surface area (Å²) in [5, 5.41) is 3.00. The minimum atomic E-state index is -0.406. The number of amides is 2. The van der Waals surface area contributed by atoms with Gasteiger partial charge in [0.15, 0.2) is 0 Å². The summed E-state index contributed by atoms with van der Waals surface area (Å²) in [5.41, 5.74) is 0. The van der Waals surface area contributed by atoms with Gasteiger partial charge in [-0.1, -0.05) is 17.7 Å². The molecular weight excluding hydrogens is 254 g/mol. The number of aromatic nitrogens is 1. The number of hydrogen-bond acceptors (Lipinski definition) is 3. The summed E-state index contributed by atoms with van der Waals surface area (Å²) < 4.78 is 0. The molecule has 0 radical (unpaired) electrons. The van der Waals surface area contributed by atoms with Crippen LogP contribution in [-0.2, 0) is 9.59 Å².